The second-order valence-corrected chi connectivity index (χ2v) is 6.90. The highest BCUT2D eigenvalue weighted by molar-refractivity contribution is 7.10. The number of nitrogens with one attached hydrogen (secondary N) is 1. The third-order valence-corrected chi connectivity index (χ3v) is 5.36. The number of piperidine rings is 1. The molecule has 108 valence electrons. The number of hydrogen-bond acceptors (Lipinski definition) is 3. The second-order valence-electron chi connectivity index (χ2n) is 5.90. The van der Waals surface area contributed by atoms with E-state index in [0.717, 1.165) is 12.5 Å². The zero-order valence-corrected chi connectivity index (χ0v) is 13.4. The Kier molecular flexibility index (Phi) is 5.86. The molecule has 1 aliphatic heterocycles. The van der Waals surface area contributed by atoms with Crippen molar-refractivity contribution in [2.45, 2.75) is 52.6 Å². The van der Waals surface area contributed by atoms with Crippen molar-refractivity contribution in [2.75, 3.05) is 19.6 Å². The predicted molar refractivity (Wildman–Crippen MR) is 84.8 cm³/mol. The monoisotopic (exact) mass is 280 g/mol. The Bertz CT molecular complexity index is 373. The van der Waals surface area contributed by atoms with E-state index < -0.39 is 0 Å². The third-order valence-electron chi connectivity index (χ3n) is 4.34. The molecule has 1 saturated heterocycles. The maximum Gasteiger partial charge on any atom is 0.0304 e. The van der Waals surface area contributed by atoms with Gasteiger partial charge in [-0.3, -0.25) is 0 Å². The molecule has 2 atom stereocenters. The summed E-state index contributed by atoms with van der Waals surface area (Å²) in [5.74, 6) is 0.820. The summed E-state index contributed by atoms with van der Waals surface area (Å²) in [4.78, 5) is 4.14. The molecule has 2 unspecified atom stereocenters. The highest BCUT2D eigenvalue weighted by atomic mass is 32.1. The lowest BCUT2D eigenvalue weighted by Gasteiger charge is -2.36. The average Bonchev–Trinajstić information content (AvgIpc) is 2.82. The van der Waals surface area contributed by atoms with Gasteiger partial charge in [-0.15, -0.1) is 11.3 Å². The van der Waals surface area contributed by atoms with E-state index in [-0.39, 0.29) is 0 Å². The van der Waals surface area contributed by atoms with Crippen LogP contribution in [0.3, 0.4) is 0 Å². The highest BCUT2D eigenvalue weighted by Crippen LogP contribution is 2.21. The van der Waals surface area contributed by atoms with Crippen molar-refractivity contribution >= 4 is 11.3 Å². The summed E-state index contributed by atoms with van der Waals surface area (Å²) in [6.07, 6.45) is 4.04. The molecule has 1 fully saturated rings. The van der Waals surface area contributed by atoms with Gasteiger partial charge in [0.15, 0.2) is 0 Å². The van der Waals surface area contributed by atoms with Crippen LogP contribution in [-0.4, -0.2) is 30.6 Å². The van der Waals surface area contributed by atoms with Gasteiger partial charge in [-0.1, -0.05) is 6.92 Å². The van der Waals surface area contributed by atoms with Crippen molar-refractivity contribution < 1.29 is 0 Å². The molecule has 3 heteroatoms. The lowest BCUT2D eigenvalue weighted by Crippen LogP contribution is -2.44. The van der Waals surface area contributed by atoms with Crippen LogP contribution in [0.2, 0.25) is 0 Å². The van der Waals surface area contributed by atoms with Crippen LogP contribution >= 0.6 is 11.3 Å². The topological polar surface area (TPSA) is 15.3 Å². The lowest BCUT2D eigenvalue weighted by atomic mass is 9.91. The Labute approximate surface area is 122 Å². The molecule has 1 aliphatic rings. The molecular weight excluding hydrogens is 252 g/mol. The molecule has 2 heterocycles. The van der Waals surface area contributed by atoms with Gasteiger partial charge in [-0.2, -0.15) is 0 Å². The molecule has 0 amide bonds. The molecule has 2 nitrogen and oxygen atoms in total. The van der Waals surface area contributed by atoms with Gasteiger partial charge in [0.2, 0.25) is 0 Å². The van der Waals surface area contributed by atoms with Crippen molar-refractivity contribution in [1.29, 1.82) is 0 Å². The zero-order valence-electron chi connectivity index (χ0n) is 12.6. The van der Waals surface area contributed by atoms with Gasteiger partial charge >= 0.3 is 0 Å². The van der Waals surface area contributed by atoms with Crippen LogP contribution in [0.5, 0.6) is 0 Å². The number of rotatable bonds is 6. The summed E-state index contributed by atoms with van der Waals surface area (Å²) in [6.45, 7) is 11.8. The predicted octanol–water partition coefficient (Wildman–Crippen LogP) is 3.66. The molecule has 1 aromatic rings. The minimum atomic E-state index is 0.626. The summed E-state index contributed by atoms with van der Waals surface area (Å²) in [5.41, 5.74) is 1.43. The number of thiophene rings is 1. The minimum absolute atomic E-state index is 0.626. The summed E-state index contributed by atoms with van der Waals surface area (Å²) in [6, 6.07) is 2.84. The number of nitrogens with zero attached hydrogens (tertiary/aromatic N) is 1. The van der Waals surface area contributed by atoms with Crippen LogP contribution in [0.4, 0.5) is 0 Å². The normalized spacial score (nSPS) is 22.6. The van der Waals surface area contributed by atoms with Crippen LogP contribution in [0.15, 0.2) is 11.4 Å². The average molecular weight is 280 g/mol. The summed E-state index contributed by atoms with van der Waals surface area (Å²) >= 11 is 1.87. The van der Waals surface area contributed by atoms with Crippen molar-refractivity contribution in [3.8, 4) is 0 Å². The van der Waals surface area contributed by atoms with Gasteiger partial charge in [0.1, 0.15) is 0 Å². The van der Waals surface area contributed by atoms with E-state index in [4.69, 9.17) is 0 Å². The van der Waals surface area contributed by atoms with E-state index in [1.165, 1.54) is 49.3 Å². The molecule has 1 aromatic heterocycles. The quantitative estimate of drug-likeness (QED) is 0.855. The van der Waals surface area contributed by atoms with Gasteiger partial charge in [0.25, 0.3) is 0 Å². The van der Waals surface area contributed by atoms with E-state index >= 15 is 0 Å². The standard InChI is InChI=1S/C16H28N2S/c1-4-8-18-9-5-6-15(12-18)14(3)17-11-16-13(2)7-10-19-16/h7,10,14-15,17H,4-6,8-9,11-12H2,1-3H3. The van der Waals surface area contributed by atoms with Crippen LogP contribution in [-0.2, 0) is 6.54 Å². The zero-order chi connectivity index (χ0) is 13.7. The second kappa shape index (κ2) is 7.41. The first-order valence-electron chi connectivity index (χ1n) is 7.69. The van der Waals surface area contributed by atoms with Crippen LogP contribution in [0, 0.1) is 12.8 Å². The smallest absolute Gasteiger partial charge is 0.0304 e. The number of hydrogen-bond donors (Lipinski definition) is 1. The van der Waals surface area contributed by atoms with Gasteiger partial charge in [0.05, 0.1) is 0 Å². The van der Waals surface area contributed by atoms with E-state index in [1.54, 1.807) is 0 Å². The molecule has 19 heavy (non-hydrogen) atoms. The Hall–Kier alpha value is -0.380. The van der Waals surface area contributed by atoms with Crippen molar-refractivity contribution in [3.05, 3.63) is 21.9 Å². The van der Waals surface area contributed by atoms with Crippen molar-refractivity contribution in [1.82, 2.24) is 10.2 Å². The molecule has 2 rings (SSSR count). The van der Waals surface area contributed by atoms with E-state index in [1.807, 2.05) is 11.3 Å². The van der Waals surface area contributed by atoms with E-state index in [0.29, 0.717) is 6.04 Å². The molecule has 0 spiro atoms. The summed E-state index contributed by atoms with van der Waals surface area (Å²) < 4.78 is 0. The van der Waals surface area contributed by atoms with Gasteiger partial charge in [-0.25, -0.2) is 0 Å². The molecule has 0 saturated carbocycles. The Morgan fingerprint density at radius 2 is 2.37 bits per heavy atom. The first-order valence-corrected chi connectivity index (χ1v) is 8.57. The number of likely N-dealkylation sites (tertiary alicyclic amines) is 1. The van der Waals surface area contributed by atoms with Crippen LogP contribution in [0.25, 0.3) is 0 Å². The van der Waals surface area contributed by atoms with E-state index in [2.05, 4.69) is 42.4 Å². The van der Waals surface area contributed by atoms with Crippen molar-refractivity contribution in [2.24, 2.45) is 5.92 Å². The van der Waals surface area contributed by atoms with Crippen LogP contribution in [0.1, 0.15) is 43.6 Å². The Morgan fingerprint density at radius 1 is 1.53 bits per heavy atom. The molecular formula is C16H28N2S. The van der Waals surface area contributed by atoms with Gasteiger partial charge in [0, 0.05) is 24.0 Å². The van der Waals surface area contributed by atoms with Gasteiger partial charge in [-0.05, 0) is 69.1 Å². The molecule has 0 radical (unpaired) electrons. The number of aryl methyl sites for hydroxylation is 1. The van der Waals surface area contributed by atoms with Crippen LogP contribution < -0.4 is 5.32 Å². The summed E-state index contributed by atoms with van der Waals surface area (Å²) in [5, 5.41) is 5.94. The molecule has 0 aromatic carbocycles. The van der Waals surface area contributed by atoms with Gasteiger partial charge < -0.3 is 10.2 Å². The summed E-state index contributed by atoms with van der Waals surface area (Å²) in [7, 11) is 0. The maximum atomic E-state index is 3.74. The highest BCUT2D eigenvalue weighted by Gasteiger charge is 2.23. The minimum Gasteiger partial charge on any atom is -0.309 e. The maximum absolute atomic E-state index is 3.74. The fourth-order valence-corrected chi connectivity index (χ4v) is 3.88. The Balaban J connectivity index is 1.79. The molecule has 0 bridgehead atoms. The molecule has 1 N–H and O–H groups in total. The van der Waals surface area contributed by atoms with E-state index in [9.17, 15) is 0 Å². The largest absolute Gasteiger partial charge is 0.309 e. The first kappa shape index (κ1) is 15.0. The Morgan fingerprint density at radius 3 is 3.05 bits per heavy atom. The SMILES string of the molecule is CCCN1CCCC(C(C)NCc2sccc2C)C1. The van der Waals surface area contributed by atoms with Crippen molar-refractivity contribution in [3.63, 3.8) is 0 Å². The first-order chi connectivity index (χ1) is 9.20. The third kappa shape index (κ3) is 4.30. The fraction of sp³-hybridized carbons (Fsp3) is 0.750. The fourth-order valence-electron chi connectivity index (χ4n) is 3.02. The lowest BCUT2D eigenvalue weighted by molar-refractivity contribution is 0.150. The molecule has 0 aliphatic carbocycles.